The fraction of sp³-hybridized carbons (Fsp3) is 0.222. The first-order valence-electron chi connectivity index (χ1n) is 8.05. The van der Waals surface area contributed by atoms with Crippen molar-refractivity contribution in [3.8, 4) is 17.4 Å². The molecule has 1 aromatic carbocycles. The van der Waals surface area contributed by atoms with Gasteiger partial charge in [0.2, 0.25) is 5.88 Å². The van der Waals surface area contributed by atoms with Crippen LogP contribution in [-0.2, 0) is 6.42 Å². The number of benzene rings is 1. The number of halogens is 2. The maximum atomic E-state index is 11.5. The van der Waals surface area contributed by atoms with Crippen LogP contribution in [0.1, 0.15) is 34.9 Å². The molecular formula is C18H14Cl2N2O3S. The number of ether oxygens (including phenoxy) is 1. The zero-order valence-corrected chi connectivity index (χ0v) is 15.8. The van der Waals surface area contributed by atoms with E-state index < -0.39 is 0 Å². The second-order valence-corrected chi connectivity index (χ2v) is 7.92. The van der Waals surface area contributed by atoms with Gasteiger partial charge in [0, 0.05) is 10.9 Å². The molecule has 0 saturated heterocycles. The lowest BCUT2D eigenvalue weighted by Crippen LogP contribution is -2.12. The average molecular weight is 409 g/mol. The summed E-state index contributed by atoms with van der Waals surface area (Å²) in [5.41, 5.74) is 1.92. The van der Waals surface area contributed by atoms with Crippen LogP contribution in [0.3, 0.4) is 0 Å². The van der Waals surface area contributed by atoms with Crippen LogP contribution in [0.25, 0.3) is 0 Å². The van der Waals surface area contributed by atoms with Crippen LogP contribution in [0.15, 0.2) is 35.3 Å². The van der Waals surface area contributed by atoms with Crippen molar-refractivity contribution in [3.05, 3.63) is 66.3 Å². The molecule has 1 aliphatic carbocycles. The Hall–Kier alpha value is -2.02. The van der Waals surface area contributed by atoms with Crippen molar-refractivity contribution < 1.29 is 9.84 Å². The van der Waals surface area contributed by atoms with Crippen LogP contribution < -0.4 is 9.61 Å². The molecule has 1 aliphatic rings. The second-order valence-electron chi connectivity index (χ2n) is 6.06. The van der Waals surface area contributed by atoms with Gasteiger partial charge in [-0.2, -0.15) is 0 Å². The van der Waals surface area contributed by atoms with E-state index in [0.717, 1.165) is 41.9 Å². The van der Waals surface area contributed by atoms with E-state index in [-0.39, 0.29) is 16.7 Å². The van der Waals surface area contributed by atoms with Crippen LogP contribution in [0.2, 0.25) is 10.0 Å². The number of nitrogens with one attached hydrogen (secondary N) is 1. The minimum absolute atomic E-state index is 0.0621. The Balaban J connectivity index is 1.66. The molecule has 8 heteroatoms. The Bertz CT molecular complexity index is 1030. The van der Waals surface area contributed by atoms with E-state index in [0.29, 0.717) is 26.4 Å². The molecule has 0 unspecified atom stereocenters. The SMILES string of the molecule is O=c1[nH]c(O)c([C@@H]2CCCc3cc(Oc4ccc(Cl)cc4Cl)cnc32)s1. The summed E-state index contributed by atoms with van der Waals surface area (Å²) in [5.74, 6) is 0.940. The van der Waals surface area contributed by atoms with Gasteiger partial charge < -0.3 is 9.84 Å². The molecule has 4 rings (SSSR count). The highest BCUT2D eigenvalue weighted by Crippen LogP contribution is 2.41. The number of aromatic hydroxyl groups is 1. The van der Waals surface area contributed by atoms with E-state index in [9.17, 15) is 9.90 Å². The predicted molar refractivity (Wildman–Crippen MR) is 102 cm³/mol. The van der Waals surface area contributed by atoms with Crippen molar-refractivity contribution in [2.45, 2.75) is 25.2 Å². The van der Waals surface area contributed by atoms with Crippen LogP contribution in [0, 0.1) is 0 Å². The number of hydrogen-bond acceptors (Lipinski definition) is 5. The van der Waals surface area contributed by atoms with Crippen molar-refractivity contribution in [2.75, 3.05) is 0 Å². The van der Waals surface area contributed by atoms with Crippen molar-refractivity contribution in [1.29, 1.82) is 0 Å². The number of nitrogens with zero attached hydrogens (tertiary/aromatic N) is 1. The van der Waals surface area contributed by atoms with Crippen molar-refractivity contribution in [3.63, 3.8) is 0 Å². The summed E-state index contributed by atoms with van der Waals surface area (Å²) in [6.45, 7) is 0. The standard InChI is InChI=1S/C18H14Cl2N2O3S/c19-10-4-5-14(13(20)7-10)25-11-6-9-2-1-3-12(15(9)21-8-11)16-17(23)22-18(24)26-16/h4-8,12,23H,1-3H2,(H,22,24)/t12-/m1/s1. The fourth-order valence-corrected chi connectivity index (χ4v) is 4.52. The number of aromatic nitrogens is 2. The molecule has 0 aliphatic heterocycles. The van der Waals surface area contributed by atoms with Crippen molar-refractivity contribution >= 4 is 34.5 Å². The Morgan fingerprint density at radius 1 is 1.31 bits per heavy atom. The summed E-state index contributed by atoms with van der Waals surface area (Å²) < 4.78 is 5.84. The van der Waals surface area contributed by atoms with Gasteiger partial charge in [-0.15, -0.1) is 0 Å². The summed E-state index contributed by atoms with van der Waals surface area (Å²) in [4.78, 5) is 18.9. The molecule has 26 heavy (non-hydrogen) atoms. The molecule has 2 heterocycles. The Labute approximate surface area is 163 Å². The molecule has 5 nitrogen and oxygen atoms in total. The van der Waals surface area contributed by atoms with Crippen LogP contribution >= 0.6 is 34.5 Å². The highest BCUT2D eigenvalue weighted by atomic mass is 35.5. The van der Waals surface area contributed by atoms with Gasteiger partial charge >= 0.3 is 4.87 Å². The monoisotopic (exact) mass is 408 g/mol. The number of aromatic amines is 1. The highest BCUT2D eigenvalue weighted by molar-refractivity contribution is 7.09. The van der Waals surface area contributed by atoms with Gasteiger partial charge in [-0.3, -0.25) is 14.8 Å². The number of thiazole rings is 1. The average Bonchev–Trinajstić information content (AvgIpc) is 2.95. The van der Waals surface area contributed by atoms with Gasteiger partial charge in [0.1, 0.15) is 11.5 Å². The Kier molecular flexibility index (Phi) is 4.65. The lowest BCUT2D eigenvalue weighted by molar-refractivity contribution is 0.442. The number of H-pyrrole nitrogens is 1. The summed E-state index contributed by atoms with van der Waals surface area (Å²) >= 11 is 13.1. The smallest absolute Gasteiger partial charge is 0.307 e. The first kappa shape index (κ1) is 17.4. The largest absolute Gasteiger partial charge is 0.494 e. The molecule has 0 bridgehead atoms. The van der Waals surface area contributed by atoms with Gasteiger partial charge in [-0.25, -0.2) is 0 Å². The molecule has 3 aromatic rings. The molecule has 2 aromatic heterocycles. The first-order chi connectivity index (χ1) is 12.5. The van der Waals surface area contributed by atoms with Crippen molar-refractivity contribution in [1.82, 2.24) is 9.97 Å². The maximum Gasteiger partial charge on any atom is 0.307 e. The van der Waals surface area contributed by atoms with Gasteiger partial charge in [0.15, 0.2) is 0 Å². The van der Waals surface area contributed by atoms with E-state index in [1.807, 2.05) is 6.07 Å². The predicted octanol–water partition coefficient (Wildman–Crippen LogP) is 5.10. The van der Waals surface area contributed by atoms with E-state index in [4.69, 9.17) is 27.9 Å². The molecule has 1 atom stereocenters. The third kappa shape index (κ3) is 3.32. The maximum absolute atomic E-state index is 11.5. The molecule has 2 N–H and O–H groups in total. The Morgan fingerprint density at radius 3 is 2.88 bits per heavy atom. The summed E-state index contributed by atoms with van der Waals surface area (Å²) in [7, 11) is 0. The molecular weight excluding hydrogens is 395 g/mol. The molecule has 0 amide bonds. The van der Waals surface area contributed by atoms with E-state index in [2.05, 4.69) is 9.97 Å². The highest BCUT2D eigenvalue weighted by Gasteiger charge is 2.28. The number of fused-ring (bicyclic) bond motifs is 1. The zero-order valence-electron chi connectivity index (χ0n) is 13.5. The second kappa shape index (κ2) is 6.95. The third-order valence-electron chi connectivity index (χ3n) is 4.34. The molecule has 0 fully saturated rings. The first-order valence-corrected chi connectivity index (χ1v) is 9.62. The minimum Gasteiger partial charge on any atom is -0.494 e. The van der Waals surface area contributed by atoms with Crippen LogP contribution in [0.5, 0.6) is 17.4 Å². The number of hydrogen-bond donors (Lipinski definition) is 2. The van der Waals surface area contributed by atoms with Gasteiger partial charge in [0.25, 0.3) is 0 Å². The zero-order chi connectivity index (χ0) is 18.3. The fourth-order valence-electron chi connectivity index (χ4n) is 3.21. The number of pyridine rings is 1. The third-order valence-corrected chi connectivity index (χ3v) is 5.86. The van der Waals surface area contributed by atoms with E-state index in [1.54, 1.807) is 24.4 Å². The van der Waals surface area contributed by atoms with Crippen LogP contribution in [0.4, 0.5) is 0 Å². The topological polar surface area (TPSA) is 75.2 Å². The number of rotatable bonds is 3. The lowest BCUT2D eigenvalue weighted by Gasteiger charge is -2.24. The summed E-state index contributed by atoms with van der Waals surface area (Å²) in [5, 5.41) is 11.0. The normalized spacial score (nSPS) is 16.3. The van der Waals surface area contributed by atoms with Crippen LogP contribution in [-0.4, -0.2) is 15.1 Å². The van der Waals surface area contributed by atoms with Crippen molar-refractivity contribution in [2.24, 2.45) is 0 Å². The molecule has 0 radical (unpaired) electrons. The molecule has 0 spiro atoms. The minimum atomic E-state index is -0.262. The molecule has 0 saturated carbocycles. The summed E-state index contributed by atoms with van der Waals surface area (Å²) in [6.07, 6.45) is 4.28. The quantitative estimate of drug-likeness (QED) is 0.631. The van der Waals surface area contributed by atoms with Gasteiger partial charge in [-0.1, -0.05) is 34.5 Å². The van der Waals surface area contributed by atoms with Gasteiger partial charge in [0.05, 0.1) is 21.8 Å². The van der Waals surface area contributed by atoms with E-state index >= 15 is 0 Å². The van der Waals surface area contributed by atoms with E-state index in [1.165, 1.54) is 0 Å². The number of aryl methyl sites for hydroxylation is 1. The van der Waals surface area contributed by atoms with Gasteiger partial charge in [-0.05, 0) is 49.1 Å². The lowest BCUT2D eigenvalue weighted by atomic mass is 9.85. The molecule has 134 valence electrons. The Morgan fingerprint density at radius 2 is 2.15 bits per heavy atom. The summed E-state index contributed by atoms with van der Waals surface area (Å²) in [6, 6.07) is 6.98.